The van der Waals surface area contributed by atoms with E-state index in [0.717, 1.165) is 25.2 Å². The zero-order valence-electron chi connectivity index (χ0n) is 9.27. The van der Waals surface area contributed by atoms with E-state index in [1.165, 1.54) is 11.3 Å². The van der Waals surface area contributed by atoms with Gasteiger partial charge in [0.1, 0.15) is 0 Å². The summed E-state index contributed by atoms with van der Waals surface area (Å²) in [6.45, 7) is 4.33. The maximum Gasteiger partial charge on any atom is 0.237 e. The third kappa shape index (κ3) is 2.33. The number of piperazine rings is 1. The molecule has 0 aliphatic carbocycles. The number of hydrogen-bond donors (Lipinski definition) is 2. The molecule has 1 unspecified atom stereocenters. The highest BCUT2D eigenvalue weighted by Crippen LogP contribution is 2.16. The standard InChI is InChI=1S/C10H16N4OS/c1-2-8-9(15)12-3-4-14(8)5-7-6-16-10(11)13-7/h6,8H,2-5H2,1H3,(H2,11,13)(H,12,15). The molecule has 1 aromatic heterocycles. The van der Waals surface area contributed by atoms with Crippen molar-refractivity contribution < 1.29 is 4.79 Å². The van der Waals surface area contributed by atoms with E-state index in [2.05, 4.69) is 15.2 Å². The maximum absolute atomic E-state index is 11.6. The number of carbonyl (C=O) groups is 1. The second kappa shape index (κ2) is 4.80. The molecular formula is C10H16N4OS. The zero-order valence-corrected chi connectivity index (χ0v) is 10.1. The topological polar surface area (TPSA) is 71.2 Å². The minimum atomic E-state index is -0.0309. The fourth-order valence-corrected chi connectivity index (χ4v) is 2.55. The molecule has 88 valence electrons. The van der Waals surface area contributed by atoms with Gasteiger partial charge >= 0.3 is 0 Å². The van der Waals surface area contributed by atoms with Gasteiger partial charge in [0, 0.05) is 25.0 Å². The molecule has 1 saturated heterocycles. The lowest BCUT2D eigenvalue weighted by molar-refractivity contribution is -0.129. The monoisotopic (exact) mass is 240 g/mol. The van der Waals surface area contributed by atoms with Gasteiger partial charge in [-0.3, -0.25) is 9.69 Å². The quantitative estimate of drug-likeness (QED) is 0.804. The van der Waals surface area contributed by atoms with Crippen molar-refractivity contribution in [3.63, 3.8) is 0 Å². The van der Waals surface area contributed by atoms with Gasteiger partial charge in [-0.05, 0) is 6.42 Å². The van der Waals surface area contributed by atoms with Gasteiger partial charge in [-0.2, -0.15) is 0 Å². The molecule has 0 radical (unpaired) electrons. The van der Waals surface area contributed by atoms with E-state index in [-0.39, 0.29) is 11.9 Å². The molecule has 2 heterocycles. The van der Waals surface area contributed by atoms with Gasteiger partial charge in [-0.1, -0.05) is 6.92 Å². The number of aromatic nitrogens is 1. The highest BCUT2D eigenvalue weighted by atomic mass is 32.1. The summed E-state index contributed by atoms with van der Waals surface area (Å²) in [5.41, 5.74) is 6.54. The Balaban J connectivity index is 2.04. The summed E-state index contributed by atoms with van der Waals surface area (Å²) in [6, 6.07) is -0.0309. The first-order valence-electron chi connectivity index (χ1n) is 5.42. The summed E-state index contributed by atoms with van der Waals surface area (Å²) in [6.07, 6.45) is 0.825. The Bertz CT molecular complexity index is 379. The van der Waals surface area contributed by atoms with E-state index < -0.39 is 0 Å². The van der Waals surface area contributed by atoms with Crippen LogP contribution in [0, 0.1) is 0 Å². The van der Waals surface area contributed by atoms with Crippen LogP contribution in [0.3, 0.4) is 0 Å². The molecule has 0 saturated carbocycles. The number of nitrogen functional groups attached to an aromatic ring is 1. The average Bonchev–Trinajstić information content (AvgIpc) is 2.64. The molecule has 1 fully saturated rings. The van der Waals surface area contributed by atoms with Gasteiger partial charge in [0.15, 0.2) is 5.13 Å². The summed E-state index contributed by atoms with van der Waals surface area (Å²) >= 11 is 1.44. The summed E-state index contributed by atoms with van der Waals surface area (Å²) in [5, 5.41) is 5.42. The van der Waals surface area contributed by atoms with Crippen molar-refractivity contribution in [2.24, 2.45) is 0 Å². The van der Waals surface area contributed by atoms with Crippen molar-refractivity contribution in [2.75, 3.05) is 18.8 Å². The van der Waals surface area contributed by atoms with Crippen LogP contribution in [0.4, 0.5) is 5.13 Å². The second-order valence-corrected chi connectivity index (χ2v) is 4.75. The van der Waals surface area contributed by atoms with Gasteiger partial charge in [0.05, 0.1) is 11.7 Å². The molecule has 1 atom stereocenters. The number of amides is 1. The minimum absolute atomic E-state index is 0.0309. The van der Waals surface area contributed by atoms with Gasteiger partial charge in [-0.25, -0.2) is 4.98 Å². The normalized spacial score (nSPS) is 22.1. The summed E-state index contributed by atoms with van der Waals surface area (Å²) in [5.74, 6) is 0.122. The number of nitrogens with one attached hydrogen (secondary N) is 1. The number of hydrogen-bond acceptors (Lipinski definition) is 5. The van der Waals surface area contributed by atoms with E-state index in [1.54, 1.807) is 0 Å². The largest absolute Gasteiger partial charge is 0.375 e. The van der Waals surface area contributed by atoms with Crippen LogP contribution in [0.5, 0.6) is 0 Å². The van der Waals surface area contributed by atoms with Crippen molar-refractivity contribution in [1.29, 1.82) is 0 Å². The third-order valence-electron chi connectivity index (χ3n) is 2.76. The Labute approximate surface area is 98.7 Å². The van der Waals surface area contributed by atoms with E-state index in [9.17, 15) is 4.79 Å². The molecule has 1 amide bonds. The molecular weight excluding hydrogens is 224 g/mol. The first kappa shape index (κ1) is 11.3. The molecule has 16 heavy (non-hydrogen) atoms. The number of anilines is 1. The molecule has 1 aromatic rings. The van der Waals surface area contributed by atoms with Crippen LogP contribution in [0.1, 0.15) is 19.0 Å². The third-order valence-corrected chi connectivity index (χ3v) is 3.49. The Morgan fingerprint density at radius 2 is 2.56 bits per heavy atom. The Morgan fingerprint density at radius 1 is 1.75 bits per heavy atom. The lowest BCUT2D eigenvalue weighted by atomic mass is 10.1. The van der Waals surface area contributed by atoms with Crippen molar-refractivity contribution in [3.8, 4) is 0 Å². The maximum atomic E-state index is 11.6. The molecule has 1 aliphatic heterocycles. The number of carbonyl (C=O) groups excluding carboxylic acids is 1. The summed E-state index contributed by atoms with van der Waals surface area (Å²) in [4.78, 5) is 18.0. The van der Waals surface area contributed by atoms with Gasteiger partial charge in [-0.15, -0.1) is 11.3 Å². The predicted molar refractivity (Wildman–Crippen MR) is 64.0 cm³/mol. The van der Waals surface area contributed by atoms with Crippen LogP contribution in [0.15, 0.2) is 5.38 Å². The van der Waals surface area contributed by atoms with Crippen LogP contribution in [0.2, 0.25) is 0 Å². The molecule has 5 nitrogen and oxygen atoms in total. The number of nitrogens with zero attached hydrogens (tertiary/aromatic N) is 2. The van der Waals surface area contributed by atoms with Crippen molar-refractivity contribution in [3.05, 3.63) is 11.1 Å². The lowest BCUT2D eigenvalue weighted by Crippen LogP contribution is -2.54. The fraction of sp³-hybridized carbons (Fsp3) is 0.600. The Kier molecular flexibility index (Phi) is 3.40. The highest BCUT2D eigenvalue weighted by molar-refractivity contribution is 7.13. The minimum Gasteiger partial charge on any atom is -0.375 e. The molecule has 0 aromatic carbocycles. The van der Waals surface area contributed by atoms with Crippen LogP contribution in [0.25, 0.3) is 0 Å². The Morgan fingerprint density at radius 3 is 3.19 bits per heavy atom. The van der Waals surface area contributed by atoms with Crippen LogP contribution in [-0.4, -0.2) is 34.9 Å². The van der Waals surface area contributed by atoms with Crippen LogP contribution < -0.4 is 11.1 Å². The number of rotatable bonds is 3. The van der Waals surface area contributed by atoms with E-state index in [0.29, 0.717) is 11.7 Å². The molecule has 2 rings (SSSR count). The van der Waals surface area contributed by atoms with Gasteiger partial charge < -0.3 is 11.1 Å². The van der Waals surface area contributed by atoms with Crippen LogP contribution >= 0.6 is 11.3 Å². The van der Waals surface area contributed by atoms with Crippen molar-refractivity contribution >= 4 is 22.4 Å². The zero-order chi connectivity index (χ0) is 11.5. The first-order valence-corrected chi connectivity index (χ1v) is 6.30. The fourth-order valence-electron chi connectivity index (χ4n) is 2.00. The molecule has 1 aliphatic rings. The van der Waals surface area contributed by atoms with E-state index in [4.69, 9.17) is 5.73 Å². The van der Waals surface area contributed by atoms with E-state index in [1.807, 2.05) is 12.3 Å². The molecule has 6 heteroatoms. The molecule has 0 bridgehead atoms. The van der Waals surface area contributed by atoms with Crippen molar-refractivity contribution in [2.45, 2.75) is 25.9 Å². The van der Waals surface area contributed by atoms with E-state index >= 15 is 0 Å². The molecule has 3 N–H and O–H groups in total. The predicted octanol–water partition coefficient (Wildman–Crippen LogP) is 0.436. The van der Waals surface area contributed by atoms with Crippen LogP contribution in [-0.2, 0) is 11.3 Å². The van der Waals surface area contributed by atoms with Gasteiger partial charge in [0.2, 0.25) is 5.91 Å². The lowest BCUT2D eigenvalue weighted by Gasteiger charge is -2.33. The summed E-state index contributed by atoms with van der Waals surface area (Å²) in [7, 11) is 0. The average molecular weight is 240 g/mol. The number of nitrogens with two attached hydrogens (primary N) is 1. The molecule has 0 spiro atoms. The number of thiazole rings is 1. The Hall–Kier alpha value is -1.14. The SMILES string of the molecule is CCC1C(=O)NCCN1Cc1csc(N)n1. The van der Waals surface area contributed by atoms with Gasteiger partial charge in [0.25, 0.3) is 0 Å². The smallest absolute Gasteiger partial charge is 0.237 e. The first-order chi connectivity index (χ1) is 7.70. The highest BCUT2D eigenvalue weighted by Gasteiger charge is 2.28. The second-order valence-electron chi connectivity index (χ2n) is 3.86. The summed E-state index contributed by atoms with van der Waals surface area (Å²) < 4.78 is 0. The van der Waals surface area contributed by atoms with Crippen molar-refractivity contribution in [1.82, 2.24) is 15.2 Å².